The molecule has 0 saturated heterocycles. The fraction of sp³-hybridized carbons (Fsp3) is 0.109. The van der Waals surface area contributed by atoms with Gasteiger partial charge in [-0.1, -0.05) is 155 Å². The quantitative estimate of drug-likeness (QED) is 0.176. The average Bonchev–Trinajstić information content (AvgIpc) is 3.65. The van der Waals surface area contributed by atoms with Crippen LogP contribution in [0.15, 0.2) is 176 Å². The molecule has 0 radical (unpaired) electrons. The number of fused-ring (bicyclic) bond motifs is 7. The maximum Gasteiger partial charge on any atom is 0.179 e. The minimum absolute atomic E-state index is 0.0616. The highest BCUT2D eigenvalue weighted by atomic mass is 14.9. The number of hydrogen-bond acceptors (Lipinski definition) is 3. The molecule has 2 aromatic heterocycles. The number of hydrogen-bond donors (Lipinski definition) is 0. The van der Waals surface area contributed by atoms with Crippen molar-refractivity contribution in [3.05, 3.63) is 198 Å². The van der Waals surface area contributed by atoms with Crippen molar-refractivity contribution in [3.8, 4) is 78.5 Å². The lowest BCUT2D eigenvalue weighted by Gasteiger charge is -2.21. The van der Waals surface area contributed by atoms with Crippen molar-refractivity contribution in [1.29, 1.82) is 0 Å². The smallest absolute Gasteiger partial charge is 0.179 e. The maximum absolute atomic E-state index is 5.32. The van der Waals surface area contributed by atoms with Gasteiger partial charge in [0.15, 0.2) is 5.82 Å². The van der Waals surface area contributed by atoms with Gasteiger partial charge in [0.2, 0.25) is 0 Å². The van der Waals surface area contributed by atoms with Gasteiger partial charge in [0.25, 0.3) is 0 Å². The van der Waals surface area contributed by atoms with Gasteiger partial charge in [0.05, 0.1) is 16.9 Å². The Kier molecular flexibility index (Phi) is 7.55. The third-order valence-electron chi connectivity index (χ3n) is 12.7. The summed E-state index contributed by atoms with van der Waals surface area (Å²) in [7, 11) is 0. The fourth-order valence-corrected chi connectivity index (χ4v) is 9.57. The maximum atomic E-state index is 5.32. The van der Waals surface area contributed by atoms with E-state index in [1.807, 2.05) is 30.3 Å². The van der Waals surface area contributed by atoms with E-state index >= 15 is 0 Å². The molecular weight excluding hydrogens is 703 g/mol. The van der Waals surface area contributed by atoms with Crippen molar-refractivity contribution in [3.63, 3.8) is 0 Å². The predicted octanol–water partition coefficient (Wildman–Crippen LogP) is 14.0. The van der Waals surface area contributed by atoms with Crippen LogP contribution in [0.25, 0.3) is 89.4 Å². The Bertz CT molecular complexity index is 2990. The molecule has 2 heterocycles. The Morgan fingerprint density at radius 3 is 1.43 bits per heavy atom. The summed E-state index contributed by atoms with van der Waals surface area (Å²) in [6.45, 7) is 9.35. The Labute approximate surface area is 339 Å². The highest BCUT2D eigenvalue weighted by Crippen LogP contribution is 2.51. The summed E-state index contributed by atoms with van der Waals surface area (Å²) >= 11 is 0. The first-order chi connectivity index (χ1) is 28.2. The molecule has 3 nitrogen and oxygen atoms in total. The van der Waals surface area contributed by atoms with E-state index in [0.29, 0.717) is 5.82 Å². The largest absolute Gasteiger partial charge is 0.244 e. The molecular formula is C55H41N3. The molecule has 0 amide bonds. The van der Waals surface area contributed by atoms with Gasteiger partial charge < -0.3 is 0 Å². The van der Waals surface area contributed by atoms with Crippen LogP contribution in [0.3, 0.4) is 0 Å². The van der Waals surface area contributed by atoms with Crippen molar-refractivity contribution in [2.75, 3.05) is 0 Å². The van der Waals surface area contributed by atoms with Gasteiger partial charge in [0.1, 0.15) is 5.69 Å². The van der Waals surface area contributed by atoms with Crippen molar-refractivity contribution in [2.45, 2.75) is 38.5 Å². The van der Waals surface area contributed by atoms with Crippen molar-refractivity contribution in [2.24, 2.45) is 0 Å². The summed E-state index contributed by atoms with van der Waals surface area (Å²) in [5, 5.41) is 1.09. The molecule has 276 valence electrons. The Morgan fingerprint density at radius 2 is 0.810 bits per heavy atom. The summed E-state index contributed by atoms with van der Waals surface area (Å²) in [6.07, 6.45) is 0. The van der Waals surface area contributed by atoms with Crippen LogP contribution in [0.1, 0.15) is 49.9 Å². The van der Waals surface area contributed by atoms with Gasteiger partial charge >= 0.3 is 0 Å². The topological polar surface area (TPSA) is 38.7 Å². The van der Waals surface area contributed by atoms with Gasteiger partial charge in [-0.15, -0.1) is 0 Å². The highest BCUT2D eigenvalue weighted by Gasteiger charge is 2.36. The number of pyridine rings is 1. The third kappa shape index (κ3) is 5.38. The molecule has 0 bridgehead atoms. The summed E-state index contributed by atoms with van der Waals surface area (Å²) < 4.78 is 0. The van der Waals surface area contributed by atoms with Crippen LogP contribution < -0.4 is 0 Å². The van der Waals surface area contributed by atoms with Crippen LogP contribution in [0, 0.1) is 0 Å². The van der Waals surface area contributed by atoms with Crippen LogP contribution in [0.2, 0.25) is 0 Å². The van der Waals surface area contributed by atoms with E-state index in [9.17, 15) is 0 Å². The molecule has 0 aliphatic heterocycles. The van der Waals surface area contributed by atoms with Crippen molar-refractivity contribution >= 4 is 10.9 Å². The van der Waals surface area contributed by atoms with Crippen LogP contribution in [-0.4, -0.2) is 15.0 Å². The Balaban J connectivity index is 1.13. The van der Waals surface area contributed by atoms with E-state index in [4.69, 9.17) is 15.0 Å². The molecule has 0 atom stereocenters. The number of benzene rings is 7. The lowest BCUT2D eigenvalue weighted by Crippen LogP contribution is -2.14. The molecule has 9 aromatic rings. The number of aromatic nitrogens is 3. The second-order valence-electron chi connectivity index (χ2n) is 16.9. The first-order valence-corrected chi connectivity index (χ1v) is 20.2. The Hall–Kier alpha value is -6.97. The van der Waals surface area contributed by atoms with Gasteiger partial charge in [-0.3, -0.25) is 0 Å². The second-order valence-corrected chi connectivity index (χ2v) is 16.9. The number of rotatable bonds is 5. The number of nitrogens with zero attached hydrogens (tertiary/aromatic N) is 3. The zero-order chi connectivity index (χ0) is 39.2. The minimum Gasteiger partial charge on any atom is -0.244 e. The average molecular weight is 744 g/mol. The van der Waals surface area contributed by atoms with E-state index in [0.717, 1.165) is 50.2 Å². The predicted molar refractivity (Wildman–Crippen MR) is 240 cm³/mol. The molecule has 0 saturated carbocycles. The normalized spacial score (nSPS) is 14.1. The highest BCUT2D eigenvalue weighted by molar-refractivity contribution is 5.90. The van der Waals surface area contributed by atoms with Gasteiger partial charge in [0, 0.05) is 27.3 Å². The summed E-state index contributed by atoms with van der Waals surface area (Å²) in [5.41, 5.74) is 20.7. The first-order valence-electron chi connectivity index (χ1n) is 20.2. The monoisotopic (exact) mass is 743 g/mol. The fourth-order valence-electron chi connectivity index (χ4n) is 9.57. The van der Waals surface area contributed by atoms with Gasteiger partial charge in [-0.25, -0.2) is 15.0 Å². The molecule has 2 aliphatic rings. The SMILES string of the molecule is CC1(C)c2ccccc2-c2cc(-c3cc(-c4ccc5c(c4)-c4ccccc4C5(C)C)cc(-c4cc(-c5ccccc5)nc(-c5ccc6ccccc6n5)n4)c3)ccc21. The van der Waals surface area contributed by atoms with E-state index in [-0.39, 0.29) is 10.8 Å². The number of para-hydroxylation sites is 1. The van der Waals surface area contributed by atoms with E-state index < -0.39 is 0 Å². The molecule has 58 heavy (non-hydrogen) atoms. The van der Waals surface area contributed by atoms with Crippen LogP contribution in [-0.2, 0) is 10.8 Å². The summed E-state index contributed by atoms with van der Waals surface area (Å²) in [6, 6.07) is 63.6. The van der Waals surface area contributed by atoms with E-state index in [1.165, 1.54) is 55.6 Å². The van der Waals surface area contributed by atoms with E-state index in [2.05, 4.69) is 173 Å². The molecule has 0 N–H and O–H groups in total. The van der Waals surface area contributed by atoms with Crippen LogP contribution in [0.5, 0.6) is 0 Å². The standard InChI is InChI=1S/C55H41N3/c1-54(2)45-19-11-9-17-41(45)43-31-36(22-25-47(43)54)38-28-39(37-23-26-48-44(32-37)42-18-10-12-20-46(42)55(48,3)4)30-40(29-38)52-33-51(34-14-6-5-7-15-34)57-53(58-52)50-27-24-35-16-8-13-21-49(35)56-50/h5-33H,1-4H3. The molecule has 3 heteroatoms. The summed E-state index contributed by atoms with van der Waals surface area (Å²) in [4.78, 5) is 15.5. The summed E-state index contributed by atoms with van der Waals surface area (Å²) in [5.74, 6) is 0.599. The zero-order valence-corrected chi connectivity index (χ0v) is 33.1. The van der Waals surface area contributed by atoms with Crippen molar-refractivity contribution in [1.82, 2.24) is 15.0 Å². The van der Waals surface area contributed by atoms with E-state index in [1.54, 1.807) is 0 Å². The van der Waals surface area contributed by atoms with Crippen LogP contribution in [0.4, 0.5) is 0 Å². The molecule has 2 aliphatic carbocycles. The lowest BCUT2D eigenvalue weighted by atomic mass is 9.82. The minimum atomic E-state index is -0.0616. The lowest BCUT2D eigenvalue weighted by molar-refractivity contribution is 0.660. The van der Waals surface area contributed by atoms with Gasteiger partial charge in [-0.05, 0) is 115 Å². The Morgan fingerprint density at radius 1 is 0.310 bits per heavy atom. The zero-order valence-electron chi connectivity index (χ0n) is 33.1. The molecule has 0 fully saturated rings. The molecule has 11 rings (SSSR count). The second kappa shape index (κ2) is 12.8. The van der Waals surface area contributed by atoms with Crippen LogP contribution >= 0.6 is 0 Å². The van der Waals surface area contributed by atoms with Gasteiger partial charge in [-0.2, -0.15) is 0 Å². The molecule has 0 unspecified atom stereocenters. The molecule has 7 aromatic carbocycles. The molecule has 0 spiro atoms. The first kappa shape index (κ1) is 34.3. The third-order valence-corrected chi connectivity index (χ3v) is 12.7. The van der Waals surface area contributed by atoms with Crippen molar-refractivity contribution < 1.29 is 0 Å².